The van der Waals surface area contributed by atoms with E-state index in [1.54, 1.807) is 16.2 Å². The molecule has 1 aromatic carbocycles. The van der Waals surface area contributed by atoms with E-state index in [2.05, 4.69) is 4.99 Å². The summed E-state index contributed by atoms with van der Waals surface area (Å²) in [5.74, 6) is 0.426. The van der Waals surface area contributed by atoms with E-state index in [4.69, 9.17) is 5.73 Å². The molecule has 0 aliphatic rings. The first-order valence-electron chi connectivity index (χ1n) is 5.71. The minimum absolute atomic E-state index is 0.289. The number of thiophene rings is 1. The second-order valence-electron chi connectivity index (χ2n) is 4.30. The van der Waals surface area contributed by atoms with Crippen LogP contribution in [0.5, 0.6) is 0 Å². The Kier molecular flexibility index (Phi) is 3.84. The van der Waals surface area contributed by atoms with Gasteiger partial charge in [-0.2, -0.15) is 0 Å². The molecule has 0 saturated heterocycles. The predicted molar refractivity (Wildman–Crippen MR) is 77.0 cm³/mol. The summed E-state index contributed by atoms with van der Waals surface area (Å²) in [6.07, 6.45) is -0.596. The standard InChI is InChI=1S/C13H17N3OS/c1-16(2)13(14)15-8-10(17)12-7-9-5-3-4-6-11(9)18-12/h3-7,10,17H,8H2,1-2H3,(H2,14,15). The van der Waals surface area contributed by atoms with E-state index < -0.39 is 6.10 Å². The fourth-order valence-electron chi connectivity index (χ4n) is 1.58. The molecule has 0 bridgehead atoms. The second-order valence-corrected chi connectivity index (χ2v) is 5.41. The van der Waals surface area contributed by atoms with Gasteiger partial charge < -0.3 is 15.7 Å². The van der Waals surface area contributed by atoms with E-state index in [9.17, 15) is 5.11 Å². The average Bonchev–Trinajstić information content (AvgIpc) is 2.79. The number of fused-ring (bicyclic) bond motifs is 1. The van der Waals surface area contributed by atoms with Crippen molar-refractivity contribution in [3.05, 3.63) is 35.2 Å². The summed E-state index contributed by atoms with van der Waals surface area (Å²) in [4.78, 5) is 6.79. The number of benzene rings is 1. The quantitative estimate of drug-likeness (QED) is 0.656. The number of guanidine groups is 1. The maximum atomic E-state index is 10.1. The predicted octanol–water partition coefficient (Wildman–Crippen LogP) is 1.81. The molecular formula is C13H17N3OS. The first-order chi connectivity index (χ1) is 8.58. The normalized spacial score (nSPS) is 13.8. The number of hydrogen-bond acceptors (Lipinski definition) is 3. The lowest BCUT2D eigenvalue weighted by atomic mass is 10.2. The summed E-state index contributed by atoms with van der Waals surface area (Å²) in [6.45, 7) is 0.289. The first kappa shape index (κ1) is 12.9. The molecule has 1 unspecified atom stereocenters. The summed E-state index contributed by atoms with van der Waals surface area (Å²) < 4.78 is 1.18. The molecule has 0 spiro atoms. The van der Waals surface area contributed by atoms with Gasteiger partial charge in [0.25, 0.3) is 0 Å². The number of nitrogens with zero attached hydrogens (tertiary/aromatic N) is 2. The molecule has 0 amide bonds. The van der Waals surface area contributed by atoms with Gasteiger partial charge in [-0.1, -0.05) is 18.2 Å². The van der Waals surface area contributed by atoms with Gasteiger partial charge in [-0.05, 0) is 17.5 Å². The van der Waals surface area contributed by atoms with Crippen molar-refractivity contribution < 1.29 is 5.11 Å². The summed E-state index contributed by atoms with van der Waals surface area (Å²) in [7, 11) is 3.65. The molecule has 2 aromatic rings. The Balaban J connectivity index is 2.13. The van der Waals surface area contributed by atoms with Crippen LogP contribution in [0.15, 0.2) is 35.3 Å². The summed E-state index contributed by atoms with van der Waals surface area (Å²) in [5, 5.41) is 11.2. The SMILES string of the molecule is CN(C)C(N)=NCC(O)c1cc2ccccc2s1. The fraction of sp³-hybridized carbons (Fsp3) is 0.308. The van der Waals surface area contributed by atoms with Crippen LogP contribution in [0.2, 0.25) is 0 Å². The molecule has 1 aromatic heterocycles. The van der Waals surface area contributed by atoms with Crippen LogP contribution in [-0.2, 0) is 0 Å². The van der Waals surface area contributed by atoms with Crippen LogP contribution < -0.4 is 5.73 Å². The largest absolute Gasteiger partial charge is 0.386 e. The molecule has 1 heterocycles. The van der Waals surface area contributed by atoms with Crippen molar-refractivity contribution in [1.29, 1.82) is 0 Å². The van der Waals surface area contributed by atoms with Crippen LogP contribution in [0.4, 0.5) is 0 Å². The van der Waals surface area contributed by atoms with Crippen molar-refractivity contribution in [2.45, 2.75) is 6.10 Å². The van der Waals surface area contributed by atoms with Gasteiger partial charge in [0.2, 0.25) is 0 Å². The first-order valence-corrected chi connectivity index (χ1v) is 6.53. The van der Waals surface area contributed by atoms with Crippen molar-refractivity contribution in [2.24, 2.45) is 10.7 Å². The Hall–Kier alpha value is -1.59. The van der Waals surface area contributed by atoms with Crippen LogP contribution >= 0.6 is 11.3 Å². The molecule has 0 radical (unpaired) electrons. The number of aliphatic hydroxyl groups is 1. The number of hydrogen-bond donors (Lipinski definition) is 2. The Labute approximate surface area is 110 Å². The number of nitrogens with two attached hydrogens (primary N) is 1. The zero-order chi connectivity index (χ0) is 13.1. The Morgan fingerprint density at radius 2 is 2.17 bits per heavy atom. The lowest BCUT2D eigenvalue weighted by Crippen LogP contribution is -2.30. The van der Waals surface area contributed by atoms with Crippen molar-refractivity contribution in [3.63, 3.8) is 0 Å². The van der Waals surface area contributed by atoms with E-state index in [1.807, 2.05) is 44.4 Å². The van der Waals surface area contributed by atoms with E-state index in [0.29, 0.717) is 5.96 Å². The molecule has 0 aliphatic heterocycles. The van der Waals surface area contributed by atoms with Gasteiger partial charge in [0, 0.05) is 23.7 Å². The van der Waals surface area contributed by atoms with Crippen LogP contribution in [0, 0.1) is 0 Å². The van der Waals surface area contributed by atoms with Crippen molar-refractivity contribution in [2.75, 3.05) is 20.6 Å². The Bertz CT molecular complexity index is 529. The van der Waals surface area contributed by atoms with Gasteiger partial charge in [0.15, 0.2) is 5.96 Å². The molecule has 2 rings (SSSR count). The van der Waals surface area contributed by atoms with Gasteiger partial charge >= 0.3 is 0 Å². The maximum Gasteiger partial charge on any atom is 0.190 e. The van der Waals surface area contributed by atoms with Crippen LogP contribution in [0.1, 0.15) is 11.0 Å². The van der Waals surface area contributed by atoms with Crippen LogP contribution in [0.3, 0.4) is 0 Å². The van der Waals surface area contributed by atoms with Gasteiger partial charge in [-0.25, -0.2) is 0 Å². The highest BCUT2D eigenvalue weighted by Gasteiger charge is 2.11. The minimum atomic E-state index is -0.596. The topological polar surface area (TPSA) is 61.8 Å². The zero-order valence-electron chi connectivity index (χ0n) is 10.5. The molecule has 18 heavy (non-hydrogen) atoms. The third kappa shape index (κ3) is 2.80. The van der Waals surface area contributed by atoms with Gasteiger partial charge in [0.05, 0.1) is 6.54 Å². The fourth-order valence-corrected chi connectivity index (χ4v) is 2.62. The third-order valence-electron chi connectivity index (χ3n) is 2.66. The van der Waals surface area contributed by atoms with E-state index in [-0.39, 0.29) is 6.54 Å². The molecule has 4 nitrogen and oxygen atoms in total. The molecule has 0 fully saturated rings. The van der Waals surface area contributed by atoms with E-state index in [0.717, 1.165) is 10.3 Å². The second kappa shape index (κ2) is 5.37. The van der Waals surface area contributed by atoms with Crippen molar-refractivity contribution in [3.8, 4) is 0 Å². The van der Waals surface area contributed by atoms with Gasteiger partial charge in [0.1, 0.15) is 6.10 Å². The smallest absolute Gasteiger partial charge is 0.190 e. The zero-order valence-corrected chi connectivity index (χ0v) is 11.3. The van der Waals surface area contributed by atoms with Gasteiger partial charge in [-0.15, -0.1) is 11.3 Å². The Morgan fingerprint density at radius 1 is 1.44 bits per heavy atom. The lowest BCUT2D eigenvalue weighted by molar-refractivity contribution is 0.191. The summed E-state index contributed by atoms with van der Waals surface area (Å²) in [6, 6.07) is 10.1. The highest BCUT2D eigenvalue weighted by Crippen LogP contribution is 2.29. The summed E-state index contributed by atoms with van der Waals surface area (Å²) >= 11 is 1.59. The van der Waals surface area contributed by atoms with Crippen LogP contribution in [0.25, 0.3) is 10.1 Å². The minimum Gasteiger partial charge on any atom is -0.386 e. The average molecular weight is 263 g/mol. The molecule has 96 valence electrons. The highest BCUT2D eigenvalue weighted by molar-refractivity contribution is 7.19. The Morgan fingerprint density at radius 3 is 2.83 bits per heavy atom. The molecule has 0 aliphatic carbocycles. The van der Waals surface area contributed by atoms with Crippen molar-refractivity contribution >= 4 is 27.4 Å². The van der Waals surface area contributed by atoms with Crippen molar-refractivity contribution in [1.82, 2.24) is 4.90 Å². The van der Waals surface area contributed by atoms with E-state index >= 15 is 0 Å². The molecular weight excluding hydrogens is 246 g/mol. The molecule has 3 N–H and O–H groups in total. The third-order valence-corrected chi connectivity index (χ3v) is 3.87. The van der Waals surface area contributed by atoms with E-state index in [1.165, 1.54) is 4.70 Å². The van der Waals surface area contributed by atoms with Gasteiger partial charge in [-0.3, -0.25) is 4.99 Å². The molecule has 0 saturated carbocycles. The highest BCUT2D eigenvalue weighted by atomic mass is 32.1. The molecule has 1 atom stereocenters. The summed E-state index contributed by atoms with van der Waals surface area (Å²) in [5.41, 5.74) is 5.69. The number of rotatable bonds is 3. The maximum absolute atomic E-state index is 10.1. The monoisotopic (exact) mass is 263 g/mol. The molecule has 5 heteroatoms. The lowest BCUT2D eigenvalue weighted by Gasteiger charge is -2.11. The number of aliphatic imine (C=N–C) groups is 1. The number of aliphatic hydroxyl groups excluding tert-OH is 1. The van der Waals surface area contributed by atoms with Crippen LogP contribution in [-0.4, -0.2) is 36.6 Å².